The van der Waals surface area contributed by atoms with Crippen LogP contribution in [0.4, 0.5) is 0 Å². The van der Waals surface area contributed by atoms with E-state index in [4.69, 9.17) is 5.73 Å². The number of amides is 2. The molecule has 1 aliphatic carbocycles. The van der Waals surface area contributed by atoms with Crippen molar-refractivity contribution in [2.75, 3.05) is 6.54 Å². The SMILES string of the molecule is CC(NC1CCC(C)(c2ccc(C(=O)NCC(N)=O)cc2)C1)c1csc2ccccc12. The highest BCUT2D eigenvalue weighted by atomic mass is 32.1. The van der Waals surface area contributed by atoms with Crippen LogP contribution in [0.2, 0.25) is 0 Å². The van der Waals surface area contributed by atoms with E-state index in [1.54, 1.807) is 0 Å². The standard InChI is InChI=1S/C25H29N3O2S/c1-16(21-15-31-22-6-4-3-5-20(21)22)28-19-11-12-25(2,13-19)18-9-7-17(8-10-18)24(30)27-14-23(26)29/h3-10,15-16,19,28H,11-14H2,1-2H3,(H2,26,29)(H,27,30). The van der Waals surface area contributed by atoms with Gasteiger partial charge in [0.25, 0.3) is 5.91 Å². The van der Waals surface area contributed by atoms with Crippen molar-refractivity contribution < 1.29 is 9.59 Å². The van der Waals surface area contributed by atoms with Crippen molar-refractivity contribution in [2.45, 2.75) is 50.6 Å². The second kappa shape index (κ2) is 8.81. The summed E-state index contributed by atoms with van der Waals surface area (Å²) in [5.41, 5.74) is 8.33. The number of fused-ring (bicyclic) bond motifs is 1. The first-order valence-electron chi connectivity index (χ1n) is 10.7. The number of nitrogens with one attached hydrogen (secondary N) is 2. The Hall–Kier alpha value is -2.70. The summed E-state index contributed by atoms with van der Waals surface area (Å²) in [6.45, 7) is 4.41. The van der Waals surface area contributed by atoms with Crippen LogP contribution >= 0.6 is 11.3 Å². The fourth-order valence-electron chi connectivity index (χ4n) is 4.72. The summed E-state index contributed by atoms with van der Waals surface area (Å²) in [6.07, 6.45) is 3.30. The molecule has 0 spiro atoms. The third kappa shape index (κ3) is 4.65. The molecule has 4 N–H and O–H groups in total. The van der Waals surface area contributed by atoms with E-state index in [0.29, 0.717) is 17.6 Å². The van der Waals surface area contributed by atoms with Crippen LogP contribution in [0, 0.1) is 0 Å². The molecule has 6 heteroatoms. The van der Waals surface area contributed by atoms with Crippen molar-refractivity contribution in [3.05, 3.63) is 70.6 Å². The van der Waals surface area contributed by atoms with Gasteiger partial charge in [-0.05, 0) is 71.7 Å². The summed E-state index contributed by atoms with van der Waals surface area (Å²) in [6, 6.07) is 17.1. The van der Waals surface area contributed by atoms with E-state index in [1.807, 2.05) is 35.6 Å². The van der Waals surface area contributed by atoms with Crippen LogP contribution in [0.1, 0.15) is 60.6 Å². The monoisotopic (exact) mass is 435 g/mol. The van der Waals surface area contributed by atoms with Gasteiger partial charge >= 0.3 is 0 Å². The molecule has 4 rings (SSSR count). The lowest BCUT2D eigenvalue weighted by molar-refractivity contribution is -0.117. The smallest absolute Gasteiger partial charge is 0.251 e. The number of thiophene rings is 1. The largest absolute Gasteiger partial charge is 0.368 e. The maximum atomic E-state index is 12.1. The van der Waals surface area contributed by atoms with Crippen LogP contribution in [0.25, 0.3) is 10.1 Å². The summed E-state index contributed by atoms with van der Waals surface area (Å²) in [5, 5.41) is 10.0. The molecule has 1 fully saturated rings. The Morgan fingerprint density at radius 2 is 1.94 bits per heavy atom. The molecule has 31 heavy (non-hydrogen) atoms. The topological polar surface area (TPSA) is 84.2 Å². The summed E-state index contributed by atoms with van der Waals surface area (Å²) in [7, 11) is 0. The second-order valence-electron chi connectivity index (χ2n) is 8.80. The summed E-state index contributed by atoms with van der Waals surface area (Å²) >= 11 is 1.81. The Labute approximate surface area is 187 Å². The number of primary amides is 1. The van der Waals surface area contributed by atoms with E-state index in [2.05, 4.69) is 54.1 Å². The zero-order valence-electron chi connectivity index (χ0n) is 18.0. The molecule has 162 valence electrons. The minimum atomic E-state index is -0.549. The van der Waals surface area contributed by atoms with Crippen molar-refractivity contribution >= 4 is 33.2 Å². The number of benzene rings is 2. The fraction of sp³-hybridized carbons (Fsp3) is 0.360. The van der Waals surface area contributed by atoms with Gasteiger partial charge < -0.3 is 16.4 Å². The molecule has 3 aromatic rings. The molecule has 3 atom stereocenters. The first kappa shape index (κ1) is 21.5. The minimum absolute atomic E-state index is 0.0797. The van der Waals surface area contributed by atoms with Gasteiger partial charge in [0.1, 0.15) is 0 Å². The van der Waals surface area contributed by atoms with Gasteiger partial charge in [-0.1, -0.05) is 37.3 Å². The van der Waals surface area contributed by atoms with Gasteiger partial charge in [0.05, 0.1) is 6.54 Å². The maximum Gasteiger partial charge on any atom is 0.251 e. The van der Waals surface area contributed by atoms with Gasteiger partial charge in [-0.25, -0.2) is 0 Å². The molecule has 0 saturated heterocycles. The summed E-state index contributed by atoms with van der Waals surface area (Å²) < 4.78 is 1.34. The average Bonchev–Trinajstić information content (AvgIpc) is 3.36. The Morgan fingerprint density at radius 1 is 1.19 bits per heavy atom. The van der Waals surface area contributed by atoms with Crippen molar-refractivity contribution in [2.24, 2.45) is 5.73 Å². The van der Waals surface area contributed by atoms with Crippen LogP contribution in [0.3, 0.4) is 0 Å². The molecule has 0 aliphatic heterocycles. The number of nitrogens with two attached hydrogens (primary N) is 1. The number of hydrogen-bond donors (Lipinski definition) is 3. The maximum absolute atomic E-state index is 12.1. The third-order valence-corrected chi connectivity index (χ3v) is 7.45. The molecular formula is C25H29N3O2S. The molecule has 3 unspecified atom stereocenters. The molecule has 2 amide bonds. The quantitative estimate of drug-likeness (QED) is 0.518. The van der Waals surface area contributed by atoms with Gasteiger partial charge in [-0.3, -0.25) is 9.59 Å². The summed E-state index contributed by atoms with van der Waals surface area (Å²) in [5.74, 6) is -0.829. The Morgan fingerprint density at radius 3 is 2.68 bits per heavy atom. The van der Waals surface area contributed by atoms with Gasteiger partial charge in [0.2, 0.25) is 5.91 Å². The van der Waals surface area contributed by atoms with Crippen LogP contribution in [0.15, 0.2) is 53.9 Å². The number of hydrogen-bond acceptors (Lipinski definition) is 4. The van der Waals surface area contributed by atoms with Crippen molar-refractivity contribution in [1.82, 2.24) is 10.6 Å². The Balaban J connectivity index is 1.40. The highest BCUT2D eigenvalue weighted by Crippen LogP contribution is 2.42. The molecule has 1 saturated carbocycles. The fourth-order valence-corrected chi connectivity index (χ4v) is 5.77. The van der Waals surface area contributed by atoms with Crippen molar-refractivity contribution in [3.63, 3.8) is 0 Å². The third-order valence-electron chi connectivity index (χ3n) is 6.47. The predicted molar refractivity (Wildman–Crippen MR) is 126 cm³/mol. The second-order valence-corrected chi connectivity index (χ2v) is 9.71. The Kier molecular flexibility index (Phi) is 6.12. The lowest BCUT2D eigenvalue weighted by Gasteiger charge is -2.26. The molecule has 2 aromatic carbocycles. The van der Waals surface area contributed by atoms with Gasteiger partial charge in [-0.15, -0.1) is 11.3 Å². The van der Waals surface area contributed by atoms with E-state index in [1.165, 1.54) is 21.2 Å². The molecular weight excluding hydrogens is 406 g/mol. The van der Waals surface area contributed by atoms with Gasteiger partial charge in [0.15, 0.2) is 0 Å². The molecule has 1 aromatic heterocycles. The number of rotatable bonds is 7. The number of carbonyl (C=O) groups is 2. The summed E-state index contributed by atoms with van der Waals surface area (Å²) in [4.78, 5) is 23.0. The molecule has 5 nitrogen and oxygen atoms in total. The van der Waals surface area contributed by atoms with Crippen LogP contribution in [-0.4, -0.2) is 24.4 Å². The number of carbonyl (C=O) groups excluding carboxylic acids is 2. The molecule has 0 bridgehead atoms. The van der Waals surface area contributed by atoms with E-state index < -0.39 is 5.91 Å². The molecule has 0 radical (unpaired) electrons. The highest BCUT2D eigenvalue weighted by molar-refractivity contribution is 7.17. The van der Waals surface area contributed by atoms with Gasteiger partial charge in [-0.2, -0.15) is 0 Å². The van der Waals surface area contributed by atoms with Crippen LogP contribution < -0.4 is 16.4 Å². The van der Waals surface area contributed by atoms with Crippen molar-refractivity contribution in [3.8, 4) is 0 Å². The molecule has 1 aliphatic rings. The first-order valence-corrected chi connectivity index (χ1v) is 11.6. The Bertz CT molecular complexity index is 1090. The van der Waals surface area contributed by atoms with Crippen LogP contribution in [-0.2, 0) is 10.2 Å². The van der Waals surface area contributed by atoms with E-state index in [9.17, 15) is 9.59 Å². The normalized spacial score (nSPS) is 21.8. The zero-order chi connectivity index (χ0) is 22.0. The highest BCUT2D eigenvalue weighted by Gasteiger charge is 2.37. The van der Waals surface area contributed by atoms with E-state index >= 15 is 0 Å². The molecule has 1 heterocycles. The first-order chi connectivity index (χ1) is 14.9. The lowest BCUT2D eigenvalue weighted by atomic mass is 9.80. The zero-order valence-corrected chi connectivity index (χ0v) is 18.8. The van der Waals surface area contributed by atoms with E-state index in [-0.39, 0.29) is 17.9 Å². The van der Waals surface area contributed by atoms with Crippen LogP contribution in [0.5, 0.6) is 0 Å². The average molecular weight is 436 g/mol. The van der Waals surface area contributed by atoms with Crippen molar-refractivity contribution in [1.29, 1.82) is 0 Å². The van der Waals surface area contributed by atoms with E-state index in [0.717, 1.165) is 19.3 Å². The minimum Gasteiger partial charge on any atom is -0.368 e. The lowest BCUT2D eigenvalue weighted by Crippen LogP contribution is -2.33. The predicted octanol–water partition coefficient (Wildman–Crippen LogP) is 4.28. The van der Waals surface area contributed by atoms with Gasteiger partial charge in [0, 0.05) is 22.3 Å².